The SMILES string of the molecule is C[C@@H](NS(=O)(=O)c1ccc2ccccc2c1)C(=O)N(CC1CCCN(C(=N)N)C1)c1ccc2ccccc2c1.O=S(O)O. The average Bonchev–Trinajstić information content (AvgIpc) is 2.98. The van der Waals surface area contributed by atoms with E-state index in [1.54, 1.807) is 30.0 Å². The van der Waals surface area contributed by atoms with Crippen molar-refractivity contribution in [3.05, 3.63) is 84.9 Å². The van der Waals surface area contributed by atoms with E-state index >= 15 is 0 Å². The summed E-state index contributed by atoms with van der Waals surface area (Å²) in [7, 11) is -3.95. The first-order valence-electron chi connectivity index (χ1n) is 13.6. The lowest BCUT2D eigenvalue weighted by Gasteiger charge is -2.36. The summed E-state index contributed by atoms with van der Waals surface area (Å²) in [6.45, 7) is 3.27. The molecule has 0 aliphatic carbocycles. The largest absolute Gasteiger partial charge is 0.370 e. The number of nitrogens with zero attached hydrogens (tertiary/aromatic N) is 2. The second kappa shape index (κ2) is 14.1. The van der Waals surface area contributed by atoms with Gasteiger partial charge < -0.3 is 15.5 Å². The third kappa shape index (κ3) is 8.36. The Labute approximate surface area is 253 Å². The highest BCUT2D eigenvalue weighted by molar-refractivity contribution is 7.89. The summed E-state index contributed by atoms with van der Waals surface area (Å²) in [5.74, 6) is -0.225. The second-order valence-corrected chi connectivity index (χ2v) is 12.6. The van der Waals surface area contributed by atoms with Gasteiger partial charge in [0, 0.05) is 25.3 Å². The van der Waals surface area contributed by atoms with E-state index in [1.807, 2.05) is 71.6 Å². The van der Waals surface area contributed by atoms with Crippen LogP contribution in [0.5, 0.6) is 0 Å². The number of guanidine groups is 1. The molecule has 0 saturated carbocycles. The smallest absolute Gasteiger partial charge is 0.299 e. The molecule has 11 nitrogen and oxygen atoms in total. The van der Waals surface area contributed by atoms with E-state index < -0.39 is 27.4 Å². The Morgan fingerprint density at radius 1 is 1.02 bits per heavy atom. The Balaban J connectivity index is 0.000000996. The van der Waals surface area contributed by atoms with Gasteiger partial charge in [0.05, 0.1) is 10.9 Å². The fourth-order valence-corrected chi connectivity index (χ4v) is 6.51. The van der Waals surface area contributed by atoms with Crippen molar-refractivity contribution in [2.45, 2.75) is 30.7 Å². The Morgan fingerprint density at radius 3 is 2.19 bits per heavy atom. The number of carbonyl (C=O) groups excluding carboxylic acids is 1. The van der Waals surface area contributed by atoms with E-state index in [-0.39, 0.29) is 22.7 Å². The molecule has 1 fully saturated rings. The minimum Gasteiger partial charge on any atom is -0.370 e. The molecule has 0 spiro atoms. The molecule has 13 heteroatoms. The lowest BCUT2D eigenvalue weighted by atomic mass is 9.96. The molecule has 228 valence electrons. The fourth-order valence-electron chi connectivity index (χ4n) is 5.28. The molecule has 2 atom stereocenters. The molecular formula is C30H35N5O6S2. The maximum Gasteiger partial charge on any atom is 0.299 e. The molecule has 1 amide bonds. The first-order valence-corrected chi connectivity index (χ1v) is 16.2. The summed E-state index contributed by atoms with van der Waals surface area (Å²) < 4.78 is 52.1. The topological polar surface area (TPSA) is 177 Å². The van der Waals surface area contributed by atoms with E-state index in [9.17, 15) is 13.2 Å². The van der Waals surface area contributed by atoms with Gasteiger partial charge in [0.1, 0.15) is 0 Å². The number of piperidine rings is 1. The summed E-state index contributed by atoms with van der Waals surface area (Å²) in [6.07, 6.45) is 1.76. The van der Waals surface area contributed by atoms with E-state index in [2.05, 4.69) is 4.72 Å². The predicted molar refractivity (Wildman–Crippen MR) is 170 cm³/mol. The highest BCUT2D eigenvalue weighted by Crippen LogP contribution is 2.27. The van der Waals surface area contributed by atoms with Crippen LogP contribution in [-0.2, 0) is 26.2 Å². The lowest BCUT2D eigenvalue weighted by Crippen LogP contribution is -2.51. The fraction of sp³-hybridized carbons (Fsp3) is 0.267. The van der Waals surface area contributed by atoms with Crippen molar-refractivity contribution < 1.29 is 26.5 Å². The zero-order valence-corrected chi connectivity index (χ0v) is 25.2. The quantitative estimate of drug-likeness (QED) is 0.116. The maximum absolute atomic E-state index is 13.9. The Kier molecular flexibility index (Phi) is 10.5. The van der Waals surface area contributed by atoms with Crippen molar-refractivity contribution in [1.29, 1.82) is 5.41 Å². The van der Waals surface area contributed by atoms with Gasteiger partial charge in [-0.2, -0.15) is 8.93 Å². The van der Waals surface area contributed by atoms with Crippen molar-refractivity contribution in [3.8, 4) is 0 Å². The van der Waals surface area contributed by atoms with Crippen LogP contribution in [0.1, 0.15) is 19.8 Å². The van der Waals surface area contributed by atoms with Crippen molar-refractivity contribution in [2.24, 2.45) is 11.7 Å². The minimum absolute atomic E-state index is 0.0276. The minimum atomic E-state index is -3.95. The number of hydrogen-bond acceptors (Lipinski definition) is 5. The van der Waals surface area contributed by atoms with Gasteiger partial charge in [0.15, 0.2) is 5.96 Å². The van der Waals surface area contributed by atoms with Gasteiger partial charge in [-0.05, 0) is 71.5 Å². The number of fused-ring (bicyclic) bond motifs is 2. The number of rotatable bonds is 7. The average molecular weight is 626 g/mol. The van der Waals surface area contributed by atoms with Gasteiger partial charge in [-0.25, -0.2) is 8.42 Å². The Morgan fingerprint density at radius 2 is 1.58 bits per heavy atom. The number of nitrogens with two attached hydrogens (primary N) is 1. The molecule has 43 heavy (non-hydrogen) atoms. The lowest BCUT2D eigenvalue weighted by molar-refractivity contribution is -0.120. The zero-order chi connectivity index (χ0) is 31.1. The maximum atomic E-state index is 13.9. The van der Waals surface area contributed by atoms with Crippen LogP contribution in [0.3, 0.4) is 0 Å². The molecular weight excluding hydrogens is 590 g/mol. The van der Waals surface area contributed by atoms with E-state index in [0.29, 0.717) is 18.8 Å². The number of benzene rings is 4. The van der Waals surface area contributed by atoms with Crippen LogP contribution >= 0.6 is 0 Å². The van der Waals surface area contributed by atoms with Crippen LogP contribution < -0.4 is 15.4 Å². The molecule has 0 aromatic heterocycles. The number of hydrogen-bond donors (Lipinski definition) is 5. The highest BCUT2D eigenvalue weighted by atomic mass is 32.2. The third-order valence-electron chi connectivity index (χ3n) is 7.34. The number of likely N-dealkylation sites (tertiary alicyclic amines) is 1. The Hall–Kier alpha value is -3.88. The standard InChI is InChI=1S/C30H33N5O3S.H2O3S/c1-21(33-39(37,38)28-15-13-24-9-3-5-11-26(24)18-28)29(36)35(20-22-7-6-16-34(19-22)30(31)32)27-14-12-23-8-2-4-10-25(23)17-27;1-4(2)3/h2-5,8-15,17-18,21-22,33H,6-7,16,19-20H2,1H3,(H3,31,32);(H2,1,2,3)/t21-,22?;/m1./s1. The monoisotopic (exact) mass is 625 g/mol. The third-order valence-corrected chi connectivity index (χ3v) is 8.88. The first-order chi connectivity index (χ1) is 20.4. The van der Waals surface area contributed by atoms with Gasteiger partial charge in [-0.3, -0.25) is 19.3 Å². The van der Waals surface area contributed by atoms with Crippen LogP contribution in [0, 0.1) is 11.3 Å². The molecule has 1 saturated heterocycles. The Bertz CT molecular complexity index is 1750. The zero-order valence-electron chi connectivity index (χ0n) is 23.6. The molecule has 5 rings (SSSR count). The summed E-state index contributed by atoms with van der Waals surface area (Å²) in [5, 5.41) is 11.6. The molecule has 4 aromatic carbocycles. The molecule has 0 bridgehead atoms. The number of amides is 1. The van der Waals surface area contributed by atoms with Crippen LogP contribution in [0.4, 0.5) is 5.69 Å². The summed E-state index contributed by atoms with van der Waals surface area (Å²) in [5.41, 5.74) is 6.46. The van der Waals surface area contributed by atoms with Crippen LogP contribution in [0.25, 0.3) is 21.5 Å². The second-order valence-electron chi connectivity index (χ2n) is 10.4. The number of carbonyl (C=O) groups is 1. The summed E-state index contributed by atoms with van der Waals surface area (Å²) in [4.78, 5) is 17.5. The predicted octanol–water partition coefficient (Wildman–Crippen LogP) is 3.98. The van der Waals surface area contributed by atoms with Crippen molar-refractivity contribution >= 4 is 60.5 Å². The van der Waals surface area contributed by atoms with Crippen molar-refractivity contribution in [1.82, 2.24) is 9.62 Å². The van der Waals surface area contributed by atoms with Crippen LogP contribution in [0.2, 0.25) is 0 Å². The van der Waals surface area contributed by atoms with E-state index in [0.717, 1.165) is 40.9 Å². The van der Waals surface area contributed by atoms with Gasteiger partial charge >= 0.3 is 0 Å². The summed E-state index contributed by atoms with van der Waals surface area (Å²) >= 11 is -2.61. The molecule has 1 aliphatic rings. The van der Waals surface area contributed by atoms with E-state index in [4.69, 9.17) is 24.5 Å². The van der Waals surface area contributed by atoms with Crippen molar-refractivity contribution in [2.75, 3.05) is 24.5 Å². The summed E-state index contributed by atoms with van der Waals surface area (Å²) in [6, 6.07) is 25.2. The molecule has 1 heterocycles. The number of anilines is 1. The normalized spacial score (nSPS) is 16.0. The molecule has 0 radical (unpaired) electrons. The van der Waals surface area contributed by atoms with Gasteiger partial charge in [-0.1, -0.05) is 60.7 Å². The van der Waals surface area contributed by atoms with Crippen molar-refractivity contribution in [3.63, 3.8) is 0 Å². The van der Waals surface area contributed by atoms with Gasteiger partial charge in [-0.15, -0.1) is 0 Å². The molecule has 1 unspecified atom stereocenters. The van der Waals surface area contributed by atoms with Gasteiger partial charge in [0.25, 0.3) is 11.4 Å². The van der Waals surface area contributed by atoms with Crippen LogP contribution in [0.15, 0.2) is 89.8 Å². The highest BCUT2D eigenvalue weighted by Gasteiger charge is 2.30. The van der Waals surface area contributed by atoms with Crippen LogP contribution in [-0.4, -0.2) is 64.2 Å². The number of nitrogens with one attached hydrogen (secondary N) is 2. The molecule has 6 N–H and O–H groups in total. The van der Waals surface area contributed by atoms with E-state index in [1.165, 1.54) is 0 Å². The van der Waals surface area contributed by atoms with Gasteiger partial charge in [0.2, 0.25) is 15.9 Å². The number of sulfonamides is 1. The molecule has 4 aromatic rings. The molecule has 1 aliphatic heterocycles. The first kappa shape index (κ1) is 32.0.